The number of aliphatic hydroxyl groups excluding tert-OH is 1. The van der Waals surface area contributed by atoms with Gasteiger partial charge in [-0.3, -0.25) is 9.59 Å². The first-order chi connectivity index (χ1) is 12.9. The van der Waals surface area contributed by atoms with Crippen molar-refractivity contribution in [2.24, 2.45) is 5.73 Å². The van der Waals surface area contributed by atoms with Crippen molar-refractivity contribution < 1.29 is 19.1 Å². The summed E-state index contributed by atoms with van der Waals surface area (Å²) in [4.78, 5) is 27.3. The molecule has 0 saturated heterocycles. The van der Waals surface area contributed by atoms with E-state index in [0.717, 1.165) is 6.07 Å². The highest BCUT2D eigenvalue weighted by molar-refractivity contribution is 9.10. The first-order valence-corrected chi connectivity index (χ1v) is 8.60. The fourth-order valence-electron chi connectivity index (χ4n) is 3.59. The molecule has 9 heteroatoms. The largest absolute Gasteiger partial charge is 0.457 e. The highest BCUT2D eigenvalue weighted by Gasteiger charge is 2.61. The number of aliphatic hydroxyl groups is 1. The normalized spacial score (nSPS) is 20.4. The van der Waals surface area contributed by atoms with Crippen LogP contribution in [0.4, 0.5) is 5.69 Å². The molecule has 0 aliphatic carbocycles. The van der Waals surface area contributed by atoms with E-state index in [1.54, 1.807) is 25.2 Å². The molecule has 3 heterocycles. The van der Waals surface area contributed by atoms with E-state index in [1.165, 1.54) is 4.90 Å². The van der Waals surface area contributed by atoms with Crippen LogP contribution in [0.15, 0.2) is 49.4 Å². The van der Waals surface area contributed by atoms with Crippen LogP contribution >= 0.6 is 15.9 Å². The van der Waals surface area contributed by atoms with Crippen LogP contribution in [0.3, 0.4) is 0 Å². The zero-order chi connectivity index (χ0) is 19.5. The molecular formula is C18H12BrN3O5. The van der Waals surface area contributed by atoms with Crippen LogP contribution in [-0.2, 0) is 16.8 Å². The van der Waals surface area contributed by atoms with Crippen LogP contribution in [-0.4, -0.2) is 18.1 Å². The maximum absolute atomic E-state index is 13.4. The van der Waals surface area contributed by atoms with Gasteiger partial charge in [0, 0.05) is 28.8 Å². The van der Waals surface area contributed by atoms with Crippen LogP contribution in [0.1, 0.15) is 17.1 Å². The van der Waals surface area contributed by atoms with Gasteiger partial charge in [0.25, 0.3) is 5.91 Å². The minimum atomic E-state index is -1.77. The zero-order valence-electron chi connectivity index (χ0n) is 13.9. The highest BCUT2D eigenvalue weighted by atomic mass is 79.9. The topological polar surface area (TPSA) is 130 Å². The second kappa shape index (κ2) is 5.70. The minimum Gasteiger partial charge on any atom is -0.457 e. The van der Waals surface area contributed by atoms with E-state index in [1.807, 2.05) is 6.07 Å². The van der Waals surface area contributed by atoms with Gasteiger partial charge in [-0.25, -0.2) is 0 Å². The predicted octanol–water partition coefficient (Wildman–Crippen LogP) is 1.24. The highest BCUT2D eigenvalue weighted by Crippen LogP contribution is 2.54. The van der Waals surface area contributed by atoms with E-state index < -0.39 is 23.4 Å². The molecule has 1 aromatic carbocycles. The lowest BCUT2D eigenvalue weighted by molar-refractivity contribution is -0.121. The van der Waals surface area contributed by atoms with Crippen molar-refractivity contribution in [1.82, 2.24) is 0 Å². The van der Waals surface area contributed by atoms with Gasteiger partial charge in [0.05, 0.1) is 0 Å². The molecule has 136 valence electrons. The van der Waals surface area contributed by atoms with E-state index in [0.29, 0.717) is 15.7 Å². The lowest BCUT2D eigenvalue weighted by Gasteiger charge is -2.32. The number of carbonyl (C=O) groups excluding carboxylic acids is 1. The number of benzene rings is 1. The number of nitrogens with zero attached hydrogens (tertiary/aromatic N) is 2. The van der Waals surface area contributed by atoms with Gasteiger partial charge in [-0.1, -0.05) is 15.9 Å². The molecule has 0 unspecified atom stereocenters. The number of nitriles is 1. The Labute approximate surface area is 161 Å². The number of fused-ring (bicyclic) bond motifs is 4. The molecule has 8 nitrogen and oxygen atoms in total. The number of amides is 1. The van der Waals surface area contributed by atoms with E-state index in [2.05, 4.69) is 15.9 Å². The third-order valence-corrected chi connectivity index (χ3v) is 5.24. The predicted molar refractivity (Wildman–Crippen MR) is 96.7 cm³/mol. The molecule has 0 saturated carbocycles. The maximum Gasteiger partial charge on any atom is 0.250 e. The molecule has 0 bridgehead atoms. The van der Waals surface area contributed by atoms with Crippen LogP contribution < -0.4 is 20.8 Å². The van der Waals surface area contributed by atoms with Crippen LogP contribution in [0, 0.1) is 11.3 Å². The van der Waals surface area contributed by atoms with Gasteiger partial charge in [0.1, 0.15) is 24.0 Å². The van der Waals surface area contributed by atoms with Crippen molar-refractivity contribution in [3.05, 3.63) is 67.5 Å². The Morgan fingerprint density at radius 3 is 2.78 bits per heavy atom. The van der Waals surface area contributed by atoms with Gasteiger partial charge in [-0.15, -0.1) is 0 Å². The van der Waals surface area contributed by atoms with Gasteiger partial charge in [0.15, 0.2) is 11.2 Å². The average molecular weight is 430 g/mol. The second-order valence-corrected chi connectivity index (χ2v) is 7.04. The molecule has 4 rings (SSSR count). The van der Waals surface area contributed by atoms with Gasteiger partial charge >= 0.3 is 0 Å². The monoisotopic (exact) mass is 429 g/mol. The smallest absolute Gasteiger partial charge is 0.250 e. The van der Waals surface area contributed by atoms with Crippen molar-refractivity contribution in [1.29, 1.82) is 5.26 Å². The number of ether oxygens (including phenoxy) is 1. The van der Waals surface area contributed by atoms with Crippen molar-refractivity contribution >= 4 is 27.5 Å². The number of rotatable bonds is 1. The summed E-state index contributed by atoms with van der Waals surface area (Å²) in [5.41, 5.74) is 4.32. The molecule has 0 fully saturated rings. The summed E-state index contributed by atoms with van der Waals surface area (Å²) < 4.78 is 11.7. The molecule has 27 heavy (non-hydrogen) atoms. The fourth-order valence-corrected chi connectivity index (χ4v) is 3.95. The van der Waals surface area contributed by atoms with Gasteiger partial charge < -0.3 is 24.9 Å². The SMILES string of the molecule is CN1C(=O)[C@@]2(C(C#N)=C(N)Oc3c2oc(CO)cc3=O)c2cc(Br)ccc21. The number of halogens is 1. The molecule has 1 aromatic heterocycles. The van der Waals surface area contributed by atoms with E-state index in [9.17, 15) is 20.0 Å². The lowest BCUT2D eigenvalue weighted by Crippen LogP contribution is -2.46. The molecular weight excluding hydrogens is 418 g/mol. The molecule has 2 aliphatic rings. The Morgan fingerprint density at radius 2 is 2.11 bits per heavy atom. The average Bonchev–Trinajstić information content (AvgIpc) is 2.85. The fraction of sp³-hybridized carbons (Fsp3) is 0.167. The Kier molecular flexibility index (Phi) is 3.66. The Balaban J connectivity index is 2.22. The first kappa shape index (κ1) is 17.3. The maximum atomic E-state index is 13.4. The molecule has 1 atom stereocenters. The molecule has 1 amide bonds. The third-order valence-electron chi connectivity index (χ3n) is 4.75. The molecule has 2 aliphatic heterocycles. The quantitative estimate of drug-likeness (QED) is 0.697. The Morgan fingerprint density at radius 1 is 1.37 bits per heavy atom. The minimum absolute atomic E-state index is 0.0570. The van der Waals surface area contributed by atoms with Crippen molar-refractivity contribution in [3.63, 3.8) is 0 Å². The zero-order valence-corrected chi connectivity index (χ0v) is 15.5. The number of anilines is 1. The van der Waals surface area contributed by atoms with Crippen LogP contribution in [0.5, 0.6) is 5.75 Å². The molecule has 0 radical (unpaired) electrons. The molecule has 2 aromatic rings. The van der Waals surface area contributed by atoms with E-state index >= 15 is 0 Å². The summed E-state index contributed by atoms with van der Waals surface area (Å²) >= 11 is 3.37. The molecule has 1 spiro atoms. The summed E-state index contributed by atoms with van der Waals surface area (Å²) in [5, 5.41) is 19.2. The first-order valence-electron chi connectivity index (χ1n) is 7.81. The number of carbonyl (C=O) groups is 1. The summed E-state index contributed by atoms with van der Waals surface area (Å²) in [6, 6.07) is 8.12. The molecule has 3 N–H and O–H groups in total. The number of likely N-dealkylation sites (N-methyl/N-ethyl adjacent to an activating group) is 1. The van der Waals surface area contributed by atoms with Gasteiger partial charge in [0.2, 0.25) is 17.1 Å². The van der Waals surface area contributed by atoms with Crippen LogP contribution in [0.25, 0.3) is 0 Å². The number of hydrogen-bond donors (Lipinski definition) is 2. The summed E-state index contributed by atoms with van der Waals surface area (Å²) in [7, 11) is 1.55. The lowest BCUT2D eigenvalue weighted by atomic mass is 9.72. The standard InChI is InChI=1S/C18H12BrN3O5/c1-22-12-3-2-8(19)4-10(12)18(17(22)25)11(6-20)16(21)27-14-13(24)5-9(7-23)26-15(14)18/h2-5,23H,7,21H2,1H3/t18-/m1/s1. The summed E-state index contributed by atoms with van der Waals surface area (Å²) in [6.07, 6.45) is 0. The number of nitrogens with two attached hydrogens (primary N) is 1. The summed E-state index contributed by atoms with van der Waals surface area (Å²) in [5.74, 6) is -1.36. The van der Waals surface area contributed by atoms with Gasteiger partial charge in [-0.2, -0.15) is 5.26 Å². The third kappa shape index (κ3) is 2.05. The number of hydrogen-bond acceptors (Lipinski definition) is 7. The summed E-state index contributed by atoms with van der Waals surface area (Å²) in [6.45, 7) is -0.560. The Bertz CT molecular complexity index is 1150. The Hall–Kier alpha value is -3.09. The van der Waals surface area contributed by atoms with E-state index in [-0.39, 0.29) is 28.7 Å². The van der Waals surface area contributed by atoms with Crippen molar-refractivity contribution in [3.8, 4) is 11.8 Å². The van der Waals surface area contributed by atoms with Gasteiger partial charge in [-0.05, 0) is 18.2 Å². The second-order valence-electron chi connectivity index (χ2n) is 6.12. The van der Waals surface area contributed by atoms with E-state index in [4.69, 9.17) is 14.9 Å². The van der Waals surface area contributed by atoms with Crippen LogP contribution in [0.2, 0.25) is 0 Å². The van der Waals surface area contributed by atoms with Crippen molar-refractivity contribution in [2.45, 2.75) is 12.0 Å². The van der Waals surface area contributed by atoms with Crippen molar-refractivity contribution in [2.75, 3.05) is 11.9 Å².